The molecule has 0 aromatic carbocycles. The van der Waals surface area contributed by atoms with Crippen molar-refractivity contribution in [3.05, 3.63) is 24.3 Å². The van der Waals surface area contributed by atoms with E-state index in [1.54, 1.807) is 0 Å². The Kier molecular flexibility index (Phi) is 33.3. The number of carbonyl (C=O) groups is 2. The van der Waals surface area contributed by atoms with Crippen molar-refractivity contribution in [1.82, 2.24) is 0 Å². The Morgan fingerprint density at radius 1 is 0.608 bits per heavy atom. The number of ether oxygens (including phenoxy) is 2. The van der Waals surface area contributed by atoms with Crippen LogP contribution in [0.15, 0.2) is 24.3 Å². The smallest absolute Gasteiger partial charge is 0.306 e. The third kappa shape index (κ3) is 38.0. The fourth-order valence-electron chi connectivity index (χ4n) is 5.45. The molecule has 0 aliphatic carbocycles. The van der Waals surface area contributed by atoms with Crippen LogP contribution in [0.1, 0.15) is 174 Å². The first-order valence-corrected chi connectivity index (χ1v) is 22.0. The molecule has 10 heteroatoms. The van der Waals surface area contributed by atoms with Gasteiger partial charge < -0.3 is 27.9 Å². The zero-order chi connectivity index (χ0) is 37.9. The highest BCUT2D eigenvalue weighted by Crippen LogP contribution is 2.38. The molecule has 0 aromatic heterocycles. The molecule has 0 saturated heterocycles. The molecule has 0 aliphatic rings. The molecule has 2 atom stereocenters. The molecule has 0 aromatic rings. The maximum absolute atomic E-state index is 12.6. The lowest BCUT2D eigenvalue weighted by molar-refractivity contribution is -0.870. The molecular formula is C41H78NO8P. The van der Waals surface area contributed by atoms with E-state index in [0.29, 0.717) is 17.4 Å². The number of likely N-dealkylation sites (N-methyl/N-ethyl adjacent to an activating group) is 1. The maximum atomic E-state index is 12.6. The minimum atomic E-state index is -4.62. The third-order valence-corrected chi connectivity index (χ3v) is 9.69. The van der Waals surface area contributed by atoms with Crippen LogP contribution >= 0.6 is 7.82 Å². The van der Waals surface area contributed by atoms with E-state index in [9.17, 15) is 19.0 Å². The molecule has 0 rings (SSSR count). The number of quaternary nitrogens is 1. The van der Waals surface area contributed by atoms with Gasteiger partial charge in [-0.1, -0.05) is 141 Å². The van der Waals surface area contributed by atoms with Gasteiger partial charge in [-0.2, -0.15) is 0 Å². The summed E-state index contributed by atoms with van der Waals surface area (Å²) in [4.78, 5) is 37.3. The number of allylic oxidation sites excluding steroid dienone is 4. The second kappa shape index (κ2) is 34.3. The van der Waals surface area contributed by atoms with Gasteiger partial charge in [-0.3, -0.25) is 14.2 Å². The second-order valence-electron chi connectivity index (χ2n) is 15.0. The molecule has 0 aliphatic heterocycles. The molecule has 51 heavy (non-hydrogen) atoms. The Bertz CT molecular complexity index is 933. The zero-order valence-electron chi connectivity index (χ0n) is 33.6. The Morgan fingerprint density at radius 2 is 1.06 bits per heavy atom. The summed E-state index contributed by atoms with van der Waals surface area (Å²) in [5.41, 5.74) is 0. The van der Waals surface area contributed by atoms with Gasteiger partial charge in [-0.05, 0) is 44.9 Å². The summed E-state index contributed by atoms with van der Waals surface area (Å²) < 4.78 is 33.8. The predicted molar refractivity (Wildman–Crippen MR) is 208 cm³/mol. The van der Waals surface area contributed by atoms with E-state index in [2.05, 4.69) is 38.2 Å². The quantitative estimate of drug-likeness (QED) is 0.0203. The molecule has 0 heterocycles. The average Bonchev–Trinajstić information content (AvgIpc) is 3.07. The molecule has 0 bridgehead atoms. The van der Waals surface area contributed by atoms with Crippen molar-refractivity contribution >= 4 is 19.8 Å². The van der Waals surface area contributed by atoms with E-state index in [1.807, 2.05) is 21.1 Å². The highest BCUT2D eigenvalue weighted by atomic mass is 31.2. The van der Waals surface area contributed by atoms with Gasteiger partial charge in [0.25, 0.3) is 7.82 Å². The van der Waals surface area contributed by atoms with Crippen LogP contribution in [0.3, 0.4) is 0 Å². The molecule has 0 spiro atoms. The topological polar surface area (TPSA) is 111 Å². The summed E-state index contributed by atoms with van der Waals surface area (Å²) in [6.07, 6.45) is 34.9. The number of unbranched alkanes of at least 4 members (excludes halogenated alkanes) is 19. The van der Waals surface area contributed by atoms with E-state index < -0.39 is 32.5 Å². The van der Waals surface area contributed by atoms with Crippen LogP contribution in [0.4, 0.5) is 0 Å². The Balaban J connectivity index is 4.35. The van der Waals surface area contributed by atoms with Crippen LogP contribution in [-0.4, -0.2) is 70.0 Å². The number of nitrogens with zero attached hydrogens (tertiary/aromatic N) is 1. The van der Waals surface area contributed by atoms with Crippen LogP contribution in [-0.2, 0) is 32.7 Å². The van der Waals surface area contributed by atoms with Crippen molar-refractivity contribution in [3.63, 3.8) is 0 Å². The molecule has 0 fully saturated rings. The monoisotopic (exact) mass is 744 g/mol. The minimum absolute atomic E-state index is 0.0306. The Labute approximate surface area is 313 Å². The van der Waals surface area contributed by atoms with Crippen molar-refractivity contribution in [1.29, 1.82) is 0 Å². The van der Waals surface area contributed by atoms with Crippen LogP contribution in [0, 0.1) is 0 Å². The predicted octanol–water partition coefficient (Wildman–Crippen LogP) is 10.6. The summed E-state index contributed by atoms with van der Waals surface area (Å²) in [5, 5.41) is 0. The lowest BCUT2D eigenvalue weighted by atomic mass is 10.1. The largest absolute Gasteiger partial charge is 0.756 e. The summed E-state index contributed by atoms with van der Waals surface area (Å²) in [7, 11) is 1.16. The summed E-state index contributed by atoms with van der Waals surface area (Å²) >= 11 is 0. The van der Waals surface area contributed by atoms with Crippen LogP contribution in [0.5, 0.6) is 0 Å². The summed E-state index contributed by atoms with van der Waals surface area (Å²) in [5.74, 6) is -0.843. The first-order valence-electron chi connectivity index (χ1n) is 20.5. The number of rotatable bonds is 37. The fourth-order valence-corrected chi connectivity index (χ4v) is 6.18. The first kappa shape index (κ1) is 49.5. The van der Waals surface area contributed by atoms with Gasteiger partial charge in [-0.25, -0.2) is 0 Å². The lowest BCUT2D eigenvalue weighted by Crippen LogP contribution is -2.37. The van der Waals surface area contributed by atoms with E-state index in [1.165, 1.54) is 83.5 Å². The second-order valence-corrected chi connectivity index (χ2v) is 16.4. The van der Waals surface area contributed by atoms with Crippen molar-refractivity contribution in [3.8, 4) is 0 Å². The first-order chi connectivity index (χ1) is 24.5. The van der Waals surface area contributed by atoms with Crippen LogP contribution in [0.25, 0.3) is 0 Å². The Hall–Kier alpha value is -1.51. The third-order valence-electron chi connectivity index (χ3n) is 8.72. The number of phosphoric ester groups is 1. The molecule has 300 valence electrons. The Morgan fingerprint density at radius 3 is 1.59 bits per heavy atom. The van der Waals surface area contributed by atoms with Crippen molar-refractivity contribution in [2.24, 2.45) is 0 Å². The standard InChI is InChI=1S/C41H78NO8P/c1-6-8-10-12-14-16-18-19-20-21-22-23-24-26-27-29-31-33-40(43)47-37-39(38-49-51(45,46)48-36-35-42(3,4)5)50-41(44)34-32-30-28-25-17-15-13-11-9-7-2/h14,16,19-20,39H,6-13,15,17-18,21-38H2,1-5H3/b16-14-,20-19-/t39-/m1/s1. The van der Waals surface area contributed by atoms with Crippen molar-refractivity contribution < 1.29 is 42.1 Å². The molecule has 0 radical (unpaired) electrons. The average molecular weight is 744 g/mol. The molecule has 9 nitrogen and oxygen atoms in total. The van der Waals surface area contributed by atoms with Gasteiger partial charge in [0.15, 0.2) is 6.10 Å². The van der Waals surface area contributed by atoms with Gasteiger partial charge in [-0.15, -0.1) is 0 Å². The van der Waals surface area contributed by atoms with E-state index in [4.69, 9.17) is 18.5 Å². The van der Waals surface area contributed by atoms with E-state index >= 15 is 0 Å². The number of hydrogen-bond donors (Lipinski definition) is 0. The fraction of sp³-hybridized carbons (Fsp3) is 0.854. The van der Waals surface area contributed by atoms with Gasteiger partial charge >= 0.3 is 11.9 Å². The van der Waals surface area contributed by atoms with Crippen molar-refractivity contribution in [2.75, 3.05) is 47.5 Å². The van der Waals surface area contributed by atoms with Crippen LogP contribution < -0.4 is 4.89 Å². The maximum Gasteiger partial charge on any atom is 0.306 e. The van der Waals surface area contributed by atoms with Gasteiger partial charge in [0, 0.05) is 12.8 Å². The summed E-state index contributed by atoms with van der Waals surface area (Å²) in [6, 6.07) is 0. The van der Waals surface area contributed by atoms with Crippen LogP contribution in [0.2, 0.25) is 0 Å². The molecular weight excluding hydrogens is 665 g/mol. The molecule has 1 unspecified atom stereocenters. The van der Waals surface area contributed by atoms with Gasteiger partial charge in [0.05, 0.1) is 27.7 Å². The lowest BCUT2D eigenvalue weighted by Gasteiger charge is -2.28. The number of esters is 2. The number of hydrogen-bond acceptors (Lipinski definition) is 8. The summed E-state index contributed by atoms with van der Waals surface area (Å²) in [6.45, 7) is 4.17. The highest BCUT2D eigenvalue weighted by Gasteiger charge is 2.21. The van der Waals surface area contributed by atoms with E-state index in [-0.39, 0.29) is 26.1 Å². The van der Waals surface area contributed by atoms with Gasteiger partial charge in [0.2, 0.25) is 0 Å². The highest BCUT2D eigenvalue weighted by molar-refractivity contribution is 7.45. The van der Waals surface area contributed by atoms with Gasteiger partial charge in [0.1, 0.15) is 19.8 Å². The molecule has 0 N–H and O–H groups in total. The van der Waals surface area contributed by atoms with E-state index in [0.717, 1.165) is 57.8 Å². The zero-order valence-corrected chi connectivity index (χ0v) is 34.4. The minimum Gasteiger partial charge on any atom is -0.756 e. The van der Waals surface area contributed by atoms with Crippen molar-refractivity contribution in [2.45, 2.75) is 180 Å². The normalized spacial score (nSPS) is 13.9. The number of phosphoric acid groups is 1. The SMILES string of the molecule is CCCCC/C=C\C/C=C\CCCCCCCCCC(=O)OC[C@H](COP(=O)([O-])OCC[N+](C)(C)C)OC(=O)CCCCCCCCCCCC. The number of carbonyl (C=O) groups excluding carboxylic acids is 2. The molecule has 0 saturated carbocycles. The molecule has 0 amide bonds.